The molecule has 164 valence electrons. The Morgan fingerprint density at radius 3 is 2.37 bits per heavy atom. The number of carbonyl (C=O) groups is 4. The van der Waals surface area contributed by atoms with Crippen molar-refractivity contribution in [2.45, 2.75) is 50.2 Å². The van der Waals surface area contributed by atoms with Gasteiger partial charge in [-0.2, -0.15) is 0 Å². The predicted octanol–water partition coefficient (Wildman–Crippen LogP) is 3.45. The lowest BCUT2D eigenvalue weighted by Gasteiger charge is -2.29. The maximum Gasteiger partial charge on any atom is 0.323 e. The molecule has 1 aliphatic carbocycles. The number of hydrogen-bond acceptors (Lipinski definition) is 6. The second-order valence-electron chi connectivity index (χ2n) is 6.34. The number of esters is 1. The Kier molecular flexibility index (Phi) is 13.7. The molecule has 1 unspecified atom stereocenters. The Bertz CT molecular complexity index is 730. The molecule has 8 heteroatoms. The molecule has 0 spiro atoms. The number of benzene rings is 1. The van der Waals surface area contributed by atoms with E-state index < -0.39 is 30.0 Å². The van der Waals surface area contributed by atoms with Crippen molar-refractivity contribution >= 4 is 36.1 Å². The van der Waals surface area contributed by atoms with Crippen molar-refractivity contribution in [3.8, 4) is 0 Å². The lowest BCUT2D eigenvalue weighted by Crippen LogP contribution is -2.41. The van der Waals surface area contributed by atoms with E-state index >= 15 is 0 Å². The molecule has 3 N–H and O–H groups in total. The number of rotatable bonds is 7. The maximum atomic E-state index is 12.6. The van der Waals surface area contributed by atoms with Gasteiger partial charge in [0.05, 0.1) is 0 Å². The van der Waals surface area contributed by atoms with Crippen LogP contribution in [0, 0.1) is 0 Å². The SMILES string of the molecule is C=CC=C.C=O.N[C@@H](CCC(=O)O)C(=O)O[C@@H]1CCCC(c2ccccc2Cl)C1=O. The first-order valence-corrected chi connectivity index (χ1v) is 9.67. The van der Waals surface area contributed by atoms with E-state index in [-0.39, 0.29) is 18.6 Å². The molecule has 0 amide bonds. The second-order valence-corrected chi connectivity index (χ2v) is 6.75. The van der Waals surface area contributed by atoms with Gasteiger partial charge < -0.3 is 20.4 Å². The highest BCUT2D eigenvalue weighted by molar-refractivity contribution is 6.31. The Hall–Kier alpha value is -2.77. The van der Waals surface area contributed by atoms with E-state index in [9.17, 15) is 14.4 Å². The first kappa shape index (κ1) is 27.2. The van der Waals surface area contributed by atoms with Gasteiger partial charge in [0.15, 0.2) is 11.9 Å². The highest BCUT2D eigenvalue weighted by atomic mass is 35.5. The van der Waals surface area contributed by atoms with Crippen LogP contribution in [-0.4, -0.2) is 41.8 Å². The van der Waals surface area contributed by atoms with Gasteiger partial charge in [-0.1, -0.05) is 55.1 Å². The number of halogens is 1. The fourth-order valence-corrected chi connectivity index (χ4v) is 3.09. The van der Waals surface area contributed by atoms with E-state index in [0.29, 0.717) is 17.9 Å². The van der Waals surface area contributed by atoms with Gasteiger partial charge in [-0.3, -0.25) is 14.4 Å². The van der Waals surface area contributed by atoms with Crippen LogP contribution in [0.25, 0.3) is 0 Å². The van der Waals surface area contributed by atoms with Gasteiger partial charge in [-0.15, -0.1) is 0 Å². The minimum Gasteiger partial charge on any atom is -0.481 e. The van der Waals surface area contributed by atoms with Gasteiger partial charge in [-0.25, -0.2) is 0 Å². The molecule has 2 rings (SSSR count). The molecule has 1 fully saturated rings. The number of carboxylic acid groups (broad SMARTS) is 1. The summed E-state index contributed by atoms with van der Waals surface area (Å²) in [5, 5.41) is 9.13. The van der Waals surface area contributed by atoms with Crippen molar-refractivity contribution in [1.29, 1.82) is 0 Å². The molecule has 0 bridgehead atoms. The molecule has 0 radical (unpaired) electrons. The highest BCUT2D eigenvalue weighted by Gasteiger charge is 2.36. The zero-order valence-corrected chi connectivity index (χ0v) is 17.6. The van der Waals surface area contributed by atoms with Crippen LogP contribution in [0.15, 0.2) is 49.6 Å². The molecule has 3 atom stereocenters. The molecular weight excluding hydrogens is 410 g/mol. The average Bonchev–Trinajstić information content (AvgIpc) is 2.75. The Morgan fingerprint density at radius 1 is 1.23 bits per heavy atom. The normalized spacial score (nSPS) is 18.4. The first-order chi connectivity index (χ1) is 14.3. The Balaban J connectivity index is 0.00000125. The Labute approximate surface area is 181 Å². The van der Waals surface area contributed by atoms with E-state index in [1.165, 1.54) is 0 Å². The van der Waals surface area contributed by atoms with Gasteiger partial charge >= 0.3 is 11.9 Å². The van der Waals surface area contributed by atoms with E-state index in [1.807, 2.05) is 12.9 Å². The van der Waals surface area contributed by atoms with Crippen LogP contribution < -0.4 is 5.73 Å². The molecular formula is C22H28ClNO6. The minimum absolute atomic E-state index is 0.0248. The number of Topliss-reactive ketones (excluding diaryl/α,β-unsaturated/α-hetero) is 1. The standard InChI is InChI=1S/C17H20ClNO5.C4H6.CH2O/c18-12-6-2-1-4-10(12)11-5-3-7-14(16(11)22)24-17(23)13(19)8-9-15(20)21;1-3-4-2;1-2/h1-2,4,6,11,13-14H,3,5,7-9,19H2,(H,20,21);3-4H,1-2H2;1H2/t11?,13-,14+;;/m0../s1. The lowest BCUT2D eigenvalue weighted by molar-refractivity contribution is -0.159. The zero-order chi connectivity index (χ0) is 23.1. The minimum atomic E-state index is -1.05. The number of nitrogens with two attached hydrogens (primary N) is 1. The third kappa shape index (κ3) is 9.15. The van der Waals surface area contributed by atoms with Gasteiger partial charge in [0, 0.05) is 17.4 Å². The van der Waals surface area contributed by atoms with Gasteiger partial charge in [0.25, 0.3) is 0 Å². The van der Waals surface area contributed by atoms with Gasteiger partial charge in [0.2, 0.25) is 0 Å². The van der Waals surface area contributed by atoms with Crippen molar-refractivity contribution < 1.29 is 29.0 Å². The number of aliphatic carboxylic acids is 1. The lowest BCUT2D eigenvalue weighted by atomic mass is 9.81. The van der Waals surface area contributed by atoms with Crippen LogP contribution >= 0.6 is 11.6 Å². The third-order valence-electron chi connectivity index (χ3n) is 4.30. The summed E-state index contributed by atoms with van der Waals surface area (Å²) in [6.45, 7) is 8.72. The van der Waals surface area contributed by atoms with E-state index in [2.05, 4.69) is 13.2 Å². The summed E-state index contributed by atoms with van der Waals surface area (Å²) in [6, 6.07) is 6.08. The zero-order valence-electron chi connectivity index (χ0n) is 16.8. The molecule has 1 aromatic rings. The summed E-state index contributed by atoms with van der Waals surface area (Å²) in [5.74, 6) is -2.37. The summed E-state index contributed by atoms with van der Waals surface area (Å²) < 4.78 is 5.24. The molecule has 0 saturated heterocycles. The van der Waals surface area contributed by atoms with E-state index in [0.717, 1.165) is 12.0 Å². The third-order valence-corrected chi connectivity index (χ3v) is 4.64. The largest absolute Gasteiger partial charge is 0.481 e. The fraction of sp³-hybridized carbons (Fsp3) is 0.364. The van der Waals surface area contributed by atoms with Crippen LogP contribution in [0.1, 0.15) is 43.6 Å². The van der Waals surface area contributed by atoms with Crippen molar-refractivity contribution in [3.05, 3.63) is 60.2 Å². The molecule has 1 saturated carbocycles. The molecule has 0 aliphatic heterocycles. The first-order valence-electron chi connectivity index (χ1n) is 9.30. The quantitative estimate of drug-likeness (QED) is 0.494. The van der Waals surface area contributed by atoms with Crippen molar-refractivity contribution in [2.75, 3.05) is 0 Å². The van der Waals surface area contributed by atoms with E-state index in [4.69, 9.17) is 32.0 Å². The van der Waals surface area contributed by atoms with E-state index in [1.54, 1.807) is 30.4 Å². The van der Waals surface area contributed by atoms with Crippen molar-refractivity contribution in [2.24, 2.45) is 5.73 Å². The van der Waals surface area contributed by atoms with Gasteiger partial charge in [-0.05, 0) is 37.3 Å². The van der Waals surface area contributed by atoms with Gasteiger partial charge in [0.1, 0.15) is 12.8 Å². The Morgan fingerprint density at radius 2 is 1.83 bits per heavy atom. The summed E-state index contributed by atoms with van der Waals surface area (Å²) >= 11 is 6.16. The average molecular weight is 438 g/mol. The number of allylic oxidation sites excluding steroid dienone is 2. The topological polar surface area (TPSA) is 124 Å². The molecule has 0 aromatic heterocycles. The second kappa shape index (κ2) is 15.1. The monoisotopic (exact) mass is 437 g/mol. The van der Waals surface area contributed by atoms with Crippen LogP contribution in [0.3, 0.4) is 0 Å². The van der Waals surface area contributed by atoms with Crippen LogP contribution in [-0.2, 0) is 23.9 Å². The van der Waals surface area contributed by atoms with Crippen molar-refractivity contribution in [1.82, 2.24) is 0 Å². The van der Waals surface area contributed by atoms with Crippen LogP contribution in [0.4, 0.5) is 0 Å². The molecule has 30 heavy (non-hydrogen) atoms. The summed E-state index contributed by atoms with van der Waals surface area (Å²) in [6.07, 6.45) is 3.99. The number of carbonyl (C=O) groups excluding carboxylic acids is 3. The van der Waals surface area contributed by atoms with Crippen LogP contribution in [0.5, 0.6) is 0 Å². The molecule has 1 aliphatic rings. The number of carboxylic acids is 1. The van der Waals surface area contributed by atoms with Crippen LogP contribution in [0.2, 0.25) is 5.02 Å². The molecule has 7 nitrogen and oxygen atoms in total. The number of ketones is 1. The van der Waals surface area contributed by atoms with Crippen molar-refractivity contribution in [3.63, 3.8) is 0 Å². The fourth-order valence-electron chi connectivity index (χ4n) is 2.82. The summed E-state index contributed by atoms with van der Waals surface area (Å²) in [4.78, 5) is 43.1. The molecule has 1 aromatic carbocycles. The summed E-state index contributed by atoms with van der Waals surface area (Å²) in [5.41, 5.74) is 6.36. The molecule has 0 heterocycles. The maximum absolute atomic E-state index is 12.6. The highest BCUT2D eigenvalue weighted by Crippen LogP contribution is 2.35. The predicted molar refractivity (Wildman–Crippen MR) is 115 cm³/mol. The number of ether oxygens (including phenoxy) is 1. The summed E-state index contributed by atoms with van der Waals surface area (Å²) in [7, 11) is 0. The number of hydrogen-bond donors (Lipinski definition) is 2. The smallest absolute Gasteiger partial charge is 0.323 e.